The topological polar surface area (TPSA) is 20.3 Å². The quantitative estimate of drug-likeness (QED) is 0.776. The number of benzene rings is 1. The molecule has 16 heavy (non-hydrogen) atoms. The van der Waals surface area contributed by atoms with Crippen molar-refractivity contribution in [3.05, 3.63) is 33.1 Å². The van der Waals surface area contributed by atoms with E-state index in [-0.39, 0.29) is 11.7 Å². The third-order valence-corrected chi connectivity index (χ3v) is 3.62. The van der Waals surface area contributed by atoms with Gasteiger partial charge >= 0.3 is 0 Å². The van der Waals surface area contributed by atoms with Gasteiger partial charge in [0.1, 0.15) is 5.82 Å². The summed E-state index contributed by atoms with van der Waals surface area (Å²) in [5, 5.41) is 0. The predicted octanol–water partition coefficient (Wildman–Crippen LogP) is 2.87. The van der Waals surface area contributed by atoms with E-state index < -0.39 is 0 Å². The monoisotopic (exact) mass is 353 g/mol. The first-order chi connectivity index (χ1) is 7.56. The molecule has 0 fully saturated rings. The Morgan fingerprint density at radius 2 is 2.25 bits per heavy atom. The van der Waals surface area contributed by atoms with Crippen molar-refractivity contribution in [3.63, 3.8) is 0 Å². The number of nitrogens with zero attached hydrogens (tertiary/aromatic N) is 1. The molecule has 0 saturated carbocycles. The van der Waals surface area contributed by atoms with E-state index in [1.807, 2.05) is 28.8 Å². The van der Waals surface area contributed by atoms with Crippen molar-refractivity contribution in [1.82, 2.24) is 4.90 Å². The molecule has 0 unspecified atom stereocenters. The summed E-state index contributed by atoms with van der Waals surface area (Å²) in [5.74, 6) is 0.534. The number of halogens is 2. The zero-order chi connectivity index (χ0) is 12.1. The first kappa shape index (κ1) is 13.8. The summed E-state index contributed by atoms with van der Waals surface area (Å²) in [6.45, 7) is 0.702. The van der Waals surface area contributed by atoms with Gasteiger partial charge in [-0.3, -0.25) is 4.79 Å². The molecule has 1 aromatic carbocycles. The Hall–Kier alpha value is -0.300. The van der Waals surface area contributed by atoms with E-state index in [0.717, 1.165) is 5.75 Å². The number of thioether (sulfide) groups is 1. The Morgan fingerprint density at radius 1 is 1.56 bits per heavy atom. The molecule has 5 heteroatoms. The minimum Gasteiger partial charge on any atom is -0.341 e. The molecule has 0 radical (unpaired) electrons. The van der Waals surface area contributed by atoms with Crippen molar-refractivity contribution >= 4 is 40.3 Å². The van der Waals surface area contributed by atoms with Gasteiger partial charge in [0.2, 0.25) is 0 Å². The molecule has 0 aliphatic carbocycles. The number of hydrogen-bond acceptors (Lipinski definition) is 2. The third kappa shape index (κ3) is 3.62. The third-order valence-electron chi connectivity index (χ3n) is 2.14. The average molecular weight is 353 g/mol. The van der Waals surface area contributed by atoms with Gasteiger partial charge in [-0.25, -0.2) is 4.39 Å². The molecule has 1 rings (SSSR count). The van der Waals surface area contributed by atoms with Gasteiger partial charge in [-0.15, -0.1) is 0 Å². The van der Waals surface area contributed by atoms with Gasteiger partial charge in [-0.1, -0.05) is 0 Å². The lowest BCUT2D eigenvalue weighted by Gasteiger charge is -2.17. The minimum atomic E-state index is -0.312. The van der Waals surface area contributed by atoms with Crippen LogP contribution in [-0.2, 0) is 0 Å². The molecule has 0 spiro atoms. The van der Waals surface area contributed by atoms with Crippen LogP contribution in [0.2, 0.25) is 0 Å². The van der Waals surface area contributed by atoms with E-state index in [0.29, 0.717) is 15.7 Å². The van der Waals surface area contributed by atoms with Gasteiger partial charge in [0.25, 0.3) is 5.91 Å². The molecule has 0 bridgehead atoms. The van der Waals surface area contributed by atoms with Crippen LogP contribution in [0.5, 0.6) is 0 Å². The van der Waals surface area contributed by atoms with Gasteiger partial charge in [-0.2, -0.15) is 11.8 Å². The van der Waals surface area contributed by atoms with Crippen LogP contribution >= 0.6 is 34.4 Å². The highest BCUT2D eigenvalue weighted by atomic mass is 127. The Kier molecular flexibility index (Phi) is 5.54. The molecule has 0 saturated heterocycles. The molecule has 0 aliphatic rings. The highest BCUT2D eigenvalue weighted by Gasteiger charge is 2.14. The summed E-state index contributed by atoms with van der Waals surface area (Å²) in [7, 11) is 1.76. The average Bonchev–Trinajstić information content (AvgIpc) is 2.25. The molecule has 1 amide bonds. The SMILES string of the molecule is CSCCN(C)C(=O)c1ccc(F)cc1I. The highest BCUT2D eigenvalue weighted by molar-refractivity contribution is 14.1. The summed E-state index contributed by atoms with van der Waals surface area (Å²) in [4.78, 5) is 13.6. The molecular formula is C11H13FINOS. The lowest BCUT2D eigenvalue weighted by molar-refractivity contribution is 0.0802. The maximum Gasteiger partial charge on any atom is 0.254 e. The molecule has 2 nitrogen and oxygen atoms in total. The van der Waals surface area contributed by atoms with Gasteiger partial charge in [0.15, 0.2) is 0 Å². The largest absolute Gasteiger partial charge is 0.341 e. The van der Waals surface area contributed by atoms with Crippen LogP contribution in [0.3, 0.4) is 0 Å². The smallest absolute Gasteiger partial charge is 0.254 e. The fourth-order valence-electron chi connectivity index (χ4n) is 1.20. The van der Waals surface area contributed by atoms with Crippen LogP contribution in [0.4, 0.5) is 4.39 Å². The van der Waals surface area contributed by atoms with Crippen LogP contribution in [0.25, 0.3) is 0 Å². The van der Waals surface area contributed by atoms with Crippen molar-refractivity contribution in [2.24, 2.45) is 0 Å². The van der Waals surface area contributed by atoms with Crippen molar-refractivity contribution < 1.29 is 9.18 Å². The van der Waals surface area contributed by atoms with Crippen molar-refractivity contribution in [1.29, 1.82) is 0 Å². The summed E-state index contributed by atoms with van der Waals surface area (Å²) in [6, 6.07) is 4.23. The molecule has 0 heterocycles. The Bertz CT molecular complexity index is 386. The van der Waals surface area contributed by atoms with E-state index >= 15 is 0 Å². The molecule has 88 valence electrons. The number of hydrogen-bond donors (Lipinski definition) is 0. The standard InChI is InChI=1S/C11H13FINOS/c1-14(5-6-16-2)11(15)9-4-3-8(12)7-10(9)13/h3-4,7H,5-6H2,1-2H3. The van der Waals surface area contributed by atoms with Crippen molar-refractivity contribution in [2.75, 3.05) is 25.6 Å². The maximum absolute atomic E-state index is 12.9. The summed E-state index contributed by atoms with van der Waals surface area (Å²) >= 11 is 3.67. The fourth-order valence-corrected chi connectivity index (χ4v) is 2.36. The van der Waals surface area contributed by atoms with Crippen LogP contribution in [-0.4, -0.2) is 36.4 Å². The van der Waals surface area contributed by atoms with Crippen molar-refractivity contribution in [2.45, 2.75) is 0 Å². The fraction of sp³-hybridized carbons (Fsp3) is 0.364. The van der Waals surface area contributed by atoms with Crippen LogP contribution in [0.1, 0.15) is 10.4 Å². The van der Waals surface area contributed by atoms with Gasteiger partial charge in [-0.05, 0) is 47.0 Å². The van der Waals surface area contributed by atoms with E-state index in [2.05, 4.69) is 0 Å². The lowest BCUT2D eigenvalue weighted by atomic mass is 10.2. The first-order valence-electron chi connectivity index (χ1n) is 4.75. The van der Waals surface area contributed by atoms with E-state index in [4.69, 9.17) is 0 Å². The van der Waals surface area contributed by atoms with E-state index in [1.54, 1.807) is 23.7 Å². The summed E-state index contributed by atoms with van der Waals surface area (Å²) < 4.78 is 13.5. The summed E-state index contributed by atoms with van der Waals surface area (Å²) in [6.07, 6.45) is 2.00. The number of carbonyl (C=O) groups excluding carboxylic acids is 1. The number of rotatable bonds is 4. The highest BCUT2D eigenvalue weighted by Crippen LogP contribution is 2.15. The van der Waals surface area contributed by atoms with E-state index in [1.165, 1.54) is 18.2 Å². The molecule has 0 N–H and O–H groups in total. The second kappa shape index (κ2) is 6.44. The van der Waals surface area contributed by atoms with Gasteiger partial charge < -0.3 is 4.90 Å². The minimum absolute atomic E-state index is 0.0570. The molecule has 0 aliphatic heterocycles. The Balaban J connectivity index is 2.79. The Morgan fingerprint density at radius 3 is 2.81 bits per heavy atom. The molecule has 0 aromatic heterocycles. The Labute approximate surface area is 113 Å². The number of carbonyl (C=O) groups is 1. The number of amides is 1. The molecule has 0 atom stereocenters. The van der Waals surface area contributed by atoms with E-state index in [9.17, 15) is 9.18 Å². The lowest BCUT2D eigenvalue weighted by Crippen LogP contribution is -2.29. The predicted molar refractivity (Wildman–Crippen MR) is 74.5 cm³/mol. The van der Waals surface area contributed by atoms with Crippen LogP contribution < -0.4 is 0 Å². The normalized spacial score (nSPS) is 10.2. The molecular weight excluding hydrogens is 340 g/mol. The summed E-state index contributed by atoms with van der Waals surface area (Å²) in [5.41, 5.74) is 0.561. The van der Waals surface area contributed by atoms with Crippen LogP contribution in [0, 0.1) is 9.39 Å². The zero-order valence-corrected chi connectivity index (χ0v) is 12.1. The molecule has 1 aromatic rings. The maximum atomic E-state index is 12.9. The second-order valence-electron chi connectivity index (χ2n) is 3.34. The van der Waals surface area contributed by atoms with Gasteiger partial charge in [0.05, 0.1) is 5.56 Å². The van der Waals surface area contributed by atoms with Crippen LogP contribution in [0.15, 0.2) is 18.2 Å². The first-order valence-corrected chi connectivity index (χ1v) is 7.23. The zero-order valence-electron chi connectivity index (χ0n) is 9.17. The second-order valence-corrected chi connectivity index (χ2v) is 5.49. The van der Waals surface area contributed by atoms with Gasteiger partial charge in [0, 0.05) is 22.9 Å². The van der Waals surface area contributed by atoms with Crippen molar-refractivity contribution in [3.8, 4) is 0 Å².